The molecule has 6 heteroatoms. The van der Waals surface area contributed by atoms with Crippen molar-refractivity contribution in [1.29, 1.82) is 0 Å². The number of furan rings is 1. The molecule has 0 aliphatic carbocycles. The Morgan fingerprint density at radius 2 is 2.11 bits per heavy atom. The number of hydrogen-bond acceptors (Lipinski definition) is 6. The van der Waals surface area contributed by atoms with Crippen LogP contribution in [-0.2, 0) is 12.3 Å². The smallest absolute Gasteiger partial charge is 0.293 e. The average molecular weight is 267 g/mol. The molecule has 2 rings (SSSR count). The fourth-order valence-electron chi connectivity index (χ4n) is 1.30. The third kappa shape index (κ3) is 3.36. The summed E-state index contributed by atoms with van der Waals surface area (Å²) in [6, 6.07) is 3.60. The summed E-state index contributed by atoms with van der Waals surface area (Å²) in [4.78, 5) is 4.30. The molecule has 2 N–H and O–H groups in total. The van der Waals surface area contributed by atoms with Gasteiger partial charge in [-0.15, -0.1) is 11.8 Å². The van der Waals surface area contributed by atoms with Crippen LogP contribution in [0.25, 0.3) is 11.7 Å². The number of aromatic nitrogens is 2. The molecule has 0 aromatic carbocycles. The van der Waals surface area contributed by atoms with Crippen molar-refractivity contribution in [3.05, 3.63) is 23.7 Å². The fourth-order valence-corrected chi connectivity index (χ4v) is 1.98. The maximum Gasteiger partial charge on any atom is 0.293 e. The number of thioether (sulfide) groups is 1. The van der Waals surface area contributed by atoms with Crippen molar-refractivity contribution in [2.45, 2.75) is 37.8 Å². The molecule has 0 amide bonds. The minimum atomic E-state index is 0.179. The second-order valence-electron chi connectivity index (χ2n) is 4.89. The first kappa shape index (κ1) is 13.2. The second kappa shape index (κ2) is 5.16. The van der Waals surface area contributed by atoms with E-state index in [1.807, 2.05) is 6.07 Å². The van der Waals surface area contributed by atoms with Gasteiger partial charge in [-0.25, -0.2) is 0 Å². The third-order valence-corrected chi connectivity index (χ3v) is 3.44. The predicted molar refractivity (Wildman–Crippen MR) is 70.9 cm³/mol. The lowest BCUT2D eigenvalue weighted by molar-refractivity contribution is 0.406. The van der Waals surface area contributed by atoms with Crippen molar-refractivity contribution in [3.8, 4) is 11.7 Å². The Bertz CT molecular complexity index is 513. The highest BCUT2D eigenvalue weighted by Crippen LogP contribution is 2.27. The third-order valence-electron chi connectivity index (χ3n) is 2.18. The molecule has 5 nitrogen and oxygen atoms in total. The van der Waals surface area contributed by atoms with Gasteiger partial charge in [0.15, 0.2) is 11.6 Å². The predicted octanol–water partition coefficient (Wildman–Crippen LogP) is 2.82. The number of rotatable bonds is 4. The lowest BCUT2D eigenvalue weighted by Gasteiger charge is -2.15. The van der Waals surface area contributed by atoms with Crippen molar-refractivity contribution in [3.63, 3.8) is 0 Å². The molecule has 0 unspecified atom stereocenters. The Morgan fingerprint density at radius 1 is 1.33 bits per heavy atom. The van der Waals surface area contributed by atoms with Crippen LogP contribution in [0.2, 0.25) is 0 Å². The first-order chi connectivity index (χ1) is 8.48. The van der Waals surface area contributed by atoms with Crippen LogP contribution in [0.3, 0.4) is 0 Å². The molecule has 0 aliphatic rings. The normalized spacial score (nSPS) is 12.0. The topological polar surface area (TPSA) is 78.1 Å². The highest BCUT2D eigenvalue weighted by atomic mass is 32.2. The Hall–Kier alpha value is -1.27. The van der Waals surface area contributed by atoms with Crippen molar-refractivity contribution < 1.29 is 8.94 Å². The van der Waals surface area contributed by atoms with Gasteiger partial charge in [-0.1, -0.05) is 25.9 Å². The van der Waals surface area contributed by atoms with E-state index in [0.717, 1.165) is 5.75 Å². The maximum absolute atomic E-state index is 5.48. The summed E-state index contributed by atoms with van der Waals surface area (Å²) in [6.45, 7) is 6.82. The highest BCUT2D eigenvalue weighted by Gasteiger charge is 2.16. The molecule has 98 valence electrons. The second-order valence-corrected chi connectivity index (χ2v) is 6.69. The lowest BCUT2D eigenvalue weighted by atomic mass is 10.3. The first-order valence-corrected chi connectivity index (χ1v) is 6.72. The van der Waals surface area contributed by atoms with Crippen LogP contribution in [0.5, 0.6) is 0 Å². The number of nitrogens with zero attached hydrogens (tertiary/aromatic N) is 2. The number of hydrogen-bond donors (Lipinski definition) is 1. The van der Waals surface area contributed by atoms with Gasteiger partial charge < -0.3 is 14.7 Å². The molecule has 0 saturated carbocycles. The Kier molecular flexibility index (Phi) is 3.77. The van der Waals surface area contributed by atoms with E-state index in [1.165, 1.54) is 0 Å². The van der Waals surface area contributed by atoms with Crippen molar-refractivity contribution in [2.75, 3.05) is 0 Å². The number of nitrogens with two attached hydrogens (primary N) is 1. The van der Waals surface area contributed by atoms with Crippen LogP contribution in [0.1, 0.15) is 32.4 Å². The van der Waals surface area contributed by atoms with E-state index in [2.05, 4.69) is 30.9 Å². The summed E-state index contributed by atoms with van der Waals surface area (Å²) in [5.41, 5.74) is 5.48. The Balaban J connectivity index is 2.06. The summed E-state index contributed by atoms with van der Waals surface area (Å²) < 4.78 is 10.8. The standard InChI is InChI=1S/C12H17N3O2S/c1-12(2,3)18-7-10-14-11(17-15-10)9-5-4-8(6-13)16-9/h4-5H,6-7,13H2,1-3H3. The Labute approximate surface area is 110 Å². The van der Waals surface area contributed by atoms with Crippen LogP contribution < -0.4 is 5.73 Å². The highest BCUT2D eigenvalue weighted by molar-refractivity contribution is 7.99. The molecule has 0 aliphatic heterocycles. The molecule has 2 heterocycles. The van der Waals surface area contributed by atoms with Gasteiger partial charge in [0.05, 0.1) is 12.3 Å². The molecule has 0 spiro atoms. The van der Waals surface area contributed by atoms with Gasteiger partial charge in [0, 0.05) is 4.75 Å². The summed E-state index contributed by atoms with van der Waals surface area (Å²) >= 11 is 1.77. The molecule has 0 fully saturated rings. The first-order valence-electron chi connectivity index (χ1n) is 5.73. The molecule has 18 heavy (non-hydrogen) atoms. The maximum atomic E-state index is 5.48. The van der Waals surface area contributed by atoms with Gasteiger partial charge in [-0.05, 0) is 12.1 Å². The van der Waals surface area contributed by atoms with Gasteiger partial charge in [-0.3, -0.25) is 0 Å². The molecule has 0 saturated heterocycles. The zero-order valence-electron chi connectivity index (χ0n) is 10.8. The van der Waals surface area contributed by atoms with Crippen LogP contribution in [0, 0.1) is 0 Å². The van der Waals surface area contributed by atoms with Crippen LogP contribution in [0.4, 0.5) is 0 Å². The average Bonchev–Trinajstić information content (AvgIpc) is 2.94. The van der Waals surface area contributed by atoms with E-state index in [9.17, 15) is 0 Å². The van der Waals surface area contributed by atoms with Crippen molar-refractivity contribution in [2.24, 2.45) is 5.73 Å². The van der Waals surface area contributed by atoms with Gasteiger partial charge in [0.2, 0.25) is 0 Å². The van der Waals surface area contributed by atoms with E-state index in [0.29, 0.717) is 29.8 Å². The van der Waals surface area contributed by atoms with Gasteiger partial charge in [-0.2, -0.15) is 4.98 Å². The summed E-state index contributed by atoms with van der Waals surface area (Å²) in [5, 5.41) is 3.93. The molecular weight excluding hydrogens is 250 g/mol. The van der Waals surface area contributed by atoms with E-state index in [4.69, 9.17) is 14.7 Å². The van der Waals surface area contributed by atoms with Gasteiger partial charge >= 0.3 is 0 Å². The minimum absolute atomic E-state index is 0.179. The van der Waals surface area contributed by atoms with Crippen molar-refractivity contribution >= 4 is 11.8 Å². The van der Waals surface area contributed by atoms with Crippen LogP contribution in [0.15, 0.2) is 21.1 Å². The Morgan fingerprint density at radius 3 is 2.72 bits per heavy atom. The summed E-state index contributed by atoms with van der Waals surface area (Å²) in [6.07, 6.45) is 0. The van der Waals surface area contributed by atoms with E-state index in [1.54, 1.807) is 17.8 Å². The van der Waals surface area contributed by atoms with E-state index >= 15 is 0 Å². The minimum Gasteiger partial charge on any atom is -0.455 e. The molecule has 0 radical (unpaired) electrons. The molecule has 2 aromatic rings. The zero-order valence-corrected chi connectivity index (χ0v) is 11.6. The molecule has 0 atom stereocenters. The monoisotopic (exact) mass is 267 g/mol. The van der Waals surface area contributed by atoms with E-state index < -0.39 is 0 Å². The van der Waals surface area contributed by atoms with E-state index in [-0.39, 0.29) is 4.75 Å². The van der Waals surface area contributed by atoms with Gasteiger partial charge in [0.1, 0.15) is 5.76 Å². The van der Waals surface area contributed by atoms with Gasteiger partial charge in [0.25, 0.3) is 5.89 Å². The largest absolute Gasteiger partial charge is 0.455 e. The quantitative estimate of drug-likeness (QED) is 0.917. The van der Waals surface area contributed by atoms with Crippen molar-refractivity contribution in [1.82, 2.24) is 10.1 Å². The molecular formula is C12H17N3O2S. The van der Waals surface area contributed by atoms with Crippen LogP contribution >= 0.6 is 11.8 Å². The SMILES string of the molecule is CC(C)(C)SCc1noc(-c2ccc(CN)o2)n1. The summed E-state index contributed by atoms with van der Waals surface area (Å²) in [5.74, 6) is 3.07. The zero-order chi connectivity index (χ0) is 13.2. The summed E-state index contributed by atoms with van der Waals surface area (Å²) in [7, 11) is 0. The van der Waals surface area contributed by atoms with Crippen LogP contribution in [-0.4, -0.2) is 14.9 Å². The molecule has 0 bridgehead atoms. The lowest BCUT2D eigenvalue weighted by Crippen LogP contribution is -2.07. The molecule has 2 aromatic heterocycles. The fraction of sp³-hybridized carbons (Fsp3) is 0.500.